The number of benzene rings is 1. The number of halogens is 1. The lowest BCUT2D eigenvalue weighted by atomic mass is 9.86. The molecule has 0 aliphatic rings. The van der Waals surface area contributed by atoms with Gasteiger partial charge >= 0.3 is 0 Å². The SMILES string of the molecule is COc1cccc(Cl)c1CNC(C)(C)C(C)(C)O. The van der Waals surface area contributed by atoms with Gasteiger partial charge in [-0.05, 0) is 39.8 Å². The van der Waals surface area contributed by atoms with Crippen molar-refractivity contribution in [3.63, 3.8) is 0 Å². The Hall–Kier alpha value is -0.770. The van der Waals surface area contributed by atoms with E-state index in [1.807, 2.05) is 32.0 Å². The Morgan fingerprint density at radius 2 is 1.89 bits per heavy atom. The second-order valence-corrected chi connectivity index (χ2v) is 5.87. The van der Waals surface area contributed by atoms with Gasteiger partial charge in [-0.15, -0.1) is 0 Å². The van der Waals surface area contributed by atoms with Crippen LogP contribution >= 0.6 is 11.6 Å². The van der Waals surface area contributed by atoms with Crippen molar-refractivity contribution >= 4 is 11.6 Å². The summed E-state index contributed by atoms with van der Waals surface area (Å²) in [6.07, 6.45) is 0. The molecular formula is C14H22ClNO2. The molecule has 3 nitrogen and oxygen atoms in total. The summed E-state index contributed by atoms with van der Waals surface area (Å²) in [5.41, 5.74) is -0.363. The van der Waals surface area contributed by atoms with E-state index in [0.717, 1.165) is 11.3 Å². The van der Waals surface area contributed by atoms with Crippen molar-refractivity contribution in [2.75, 3.05) is 7.11 Å². The fraction of sp³-hybridized carbons (Fsp3) is 0.571. The van der Waals surface area contributed by atoms with Crippen LogP contribution < -0.4 is 10.1 Å². The van der Waals surface area contributed by atoms with Crippen molar-refractivity contribution < 1.29 is 9.84 Å². The maximum Gasteiger partial charge on any atom is 0.124 e. The van der Waals surface area contributed by atoms with E-state index in [0.29, 0.717) is 11.6 Å². The van der Waals surface area contributed by atoms with Gasteiger partial charge in [-0.2, -0.15) is 0 Å². The topological polar surface area (TPSA) is 41.5 Å². The van der Waals surface area contributed by atoms with E-state index < -0.39 is 11.1 Å². The smallest absolute Gasteiger partial charge is 0.124 e. The van der Waals surface area contributed by atoms with Crippen LogP contribution in [0.15, 0.2) is 18.2 Å². The number of hydrogen-bond acceptors (Lipinski definition) is 3. The molecule has 0 heterocycles. The predicted octanol–water partition coefficient (Wildman–Crippen LogP) is 2.99. The van der Waals surface area contributed by atoms with E-state index >= 15 is 0 Å². The zero-order valence-electron chi connectivity index (χ0n) is 11.7. The molecule has 0 radical (unpaired) electrons. The monoisotopic (exact) mass is 271 g/mol. The van der Waals surface area contributed by atoms with Crippen LogP contribution in [0.1, 0.15) is 33.3 Å². The van der Waals surface area contributed by atoms with E-state index in [1.165, 1.54) is 0 Å². The van der Waals surface area contributed by atoms with Gasteiger partial charge in [-0.1, -0.05) is 17.7 Å². The molecule has 0 saturated heterocycles. The van der Waals surface area contributed by atoms with Crippen molar-refractivity contribution in [3.8, 4) is 5.75 Å². The van der Waals surface area contributed by atoms with Crippen LogP contribution in [0, 0.1) is 0 Å². The van der Waals surface area contributed by atoms with Crippen molar-refractivity contribution in [3.05, 3.63) is 28.8 Å². The van der Waals surface area contributed by atoms with Gasteiger partial charge in [0.05, 0.1) is 12.7 Å². The minimum absolute atomic E-state index is 0.433. The zero-order valence-corrected chi connectivity index (χ0v) is 12.4. The summed E-state index contributed by atoms with van der Waals surface area (Å²) >= 11 is 6.17. The van der Waals surface area contributed by atoms with E-state index in [1.54, 1.807) is 21.0 Å². The molecular weight excluding hydrogens is 250 g/mol. The Morgan fingerprint density at radius 3 is 2.39 bits per heavy atom. The summed E-state index contributed by atoms with van der Waals surface area (Å²) in [7, 11) is 1.62. The highest BCUT2D eigenvalue weighted by atomic mass is 35.5. The average Bonchev–Trinajstić information content (AvgIpc) is 2.25. The van der Waals surface area contributed by atoms with Gasteiger partial charge in [0.2, 0.25) is 0 Å². The minimum Gasteiger partial charge on any atom is -0.496 e. The summed E-state index contributed by atoms with van der Waals surface area (Å²) in [5, 5.41) is 14.1. The molecule has 0 aliphatic heterocycles. The largest absolute Gasteiger partial charge is 0.496 e. The lowest BCUT2D eigenvalue weighted by molar-refractivity contribution is -0.00539. The summed E-state index contributed by atoms with van der Waals surface area (Å²) < 4.78 is 5.29. The first kappa shape index (κ1) is 15.3. The molecule has 0 unspecified atom stereocenters. The molecule has 0 bridgehead atoms. The number of aliphatic hydroxyl groups is 1. The number of hydrogen-bond donors (Lipinski definition) is 2. The van der Waals surface area contributed by atoms with E-state index in [9.17, 15) is 5.11 Å². The third kappa shape index (κ3) is 3.37. The van der Waals surface area contributed by atoms with Crippen LogP contribution in [-0.2, 0) is 6.54 Å². The second-order valence-electron chi connectivity index (χ2n) is 5.46. The molecule has 0 aliphatic carbocycles. The molecule has 2 N–H and O–H groups in total. The Kier molecular flexibility index (Phi) is 4.65. The molecule has 1 aromatic carbocycles. The van der Waals surface area contributed by atoms with Crippen molar-refractivity contribution in [1.29, 1.82) is 0 Å². The predicted molar refractivity (Wildman–Crippen MR) is 75.2 cm³/mol. The van der Waals surface area contributed by atoms with Gasteiger partial charge in [0.1, 0.15) is 5.75 Å². The number of methoxy groups -OCH3 is 1. The Labute approximate surface area is 114 Å². The van der Waals surface area contributed by atoms with Gasteiger partial charge in [0.25, 0.3) is 0 Å². The average molecular weight is 272 g/mol. The van der Waals surface area contributed by atoms with E-state index in [4.69, 9.17) is 16.3 Å². The second kappa shape index (κ2) is 5.47. The van der Waals surface area contributed by atoms with E-state index in [-0.39, 0.29) is 0 Å². The zero-order chi connectivity index (χ0) is 14.0. The fourth-order valence-corrected chi connectivity index (χ4v) is 1.66. The van der Waals surface area contributed by atoms with Crippen molar-refractivity contribution in [1.82, 2.24) is 5.32 Å². The maximum absolute atomic E-state index is 10.1. The van der Waals surface area contributed by atoms with Crippen LogP contribution in [-0.4, -0.2) is 23.4 Å². The molecule has 1 rings (SSSR count). The van der Waals surface area contributed by atoms with Crippen LogP contribution in [0.4, 0.5) is 0 Å². The highest BCUT2D eigenvalue weighted by molar-refractivity contribution is 6.31. The van der Waals surface area contributed by atoms with Gasteiger partial charge in [0.15, 0.2) is 0 Å². The Balaban J connectivity index is 2.87. The molecule has 0 saturated carbocycles. The summed E-state index contributed by atoms with van der Waals surface area (Å²) in [6.45, 7) is 8.01. The molecule has 1 aromatic rings. The van der Waals surface area contributed by atoms with E-state index in [2.05, 4.69) is 5.32 Å². The van der Waals surface area contributed by atoms with Gasteiger partial charge < -0.3 is 15.2 Å². The first-order chi connectivity index (χ1) is 8.19. The van der Waals surface area contributed by atoms with Crippen LogP contribution in [0.3, 0.4) is 0 Å². The molecule has 18 heavy (non-hydrogen) atoms. The van der Waals surface area contributed by atoms with Crippen LogP contribution in [0.2, 0.25) is 5.02 Å². The number of rotatable bonds is 5. The lowest BCUT2D eigenvalue weighted by Gasteiger charge is -2.38. The highest BCUT2D eigenvalue weighted by Crippen LogP contribution is 2.28. The van der Waals surface area contributed by atoms with Crippen molar-refractivity contribution in [2.24, 2.45) is 0 Å². The molecule has 0 aromatic heterocycles. The first-order valence-electron chi connectivity index (χ1n) is 5.98. The molecule has 4 heteroatoms. The van der Waals surface area contributed by atoms with Crippen molar-refractivity contribution in [2.45, 2.75) is 45.4 Å². The minimum atomic E-state index is -0.832. The van der Waals surface area contributed by atoms with Gasteiger partial charge in [-0.25, -0.2) is 0 Å². The Morgan fingerprint density at radius 1 is 1.28 bits per heavy atom. The summed E-state index contributed by atoms with van der Waals surface area (Å²) in [6, 6.07) is 5.56. The Bertz CT molecular complexity index is 411. The fourth-order valence-electron chi connectivity index (χ4n) is 1.43. The molecule has 0 atom stereocenters. The molecule has 0 spiro atoms. The highest BCUT2D eigenvalue weighted by Gasteiger charge is 2.34. The van der Waals surface area contributed by atoms with Gasteiger partial charge in [-0.3, -0.25) is 0 Å². The first-order valence-corrected chi connectivity index (χ1v) is 6.35. The summed E-state index contributed by atoms with van der Waals surface area (Å²) in [4.78, 5) is 0. The summed E-state index contributed by atoms with van der Waals surface area (Å²) in [5.74, 6) is 0.751. The van der Waals surface area contributed by atoms with Gasteiger partial charge in [0, 0.05) is 22.7 Å². The normalized spacial score (nSPS) is 12.6. The van der Waals surface area contributed by atoms with Crippen LogP contribution in [0.5, 0.6) is 5.75 Å². The number of ether oxygens (including phenoxy) is 1. The third-order valence-electron chi connectivity index (χ3n) is 3.53. The molecule has 0 fully saturated rings. The molecule has 0 amide bonds. The number of nitrogens with one attached hydrogen (secondary N) is 1. The lowest BCUT2D eigenvalue weighted by Crippen LogP contribution is -2.55. The standard InChI is InChI=1S/C14H22ClNO2/c1-13(2,14(3,4)17)16-9-10-11(15)7-6-8-12(10)18-5/h6-8,16-17H,9H2,1-5H3. The molecule has 102 valence electrons. The quantitative estimate of drug-likeness (QED) is 0.865. The maximum atomic E-state index is 10.1. The third-order valence-corrected chi connectivity index (χ3v) is 3.89. The van der Waals surface area contributed by atoms with Crippen LogP contribution in [0.25, 0.3) is 0 Å².